The van der Waals surface area contributed by atoms with E-state index in [1.807, 2.05) is 24.3 Å². The van der Waals surface area contributed by atoms with E-state index in [9.17, 15) is 4.79 Å². The number of hydrogen-bond acceptors (Lipinski definition) is 4. The van der Waals surface area contributed by atoms with Gasteiger partial charge in [0.2, 0.25) is 0 Å². The van der Waals surface area contributed by atoms with Gasteiger partial charge in [0, 0.05) is 6.54 Å². The maximum atomic E-state index is 11.7. The van der Waals surface area contributed by atoms with E-state index in [4.69, 9.17) is 4.74 Å². The predicted octanol–water partition coefficient (Wildman–Crippen LogP) is 2.70. The van der Waals surface area contributed by atoms with Crippen molar-refractivity contribution in [1.82, 2.24) is 4.98 Å². The number of benzene rings is 1. The minimum absolute atomic E-state index is 0.0534. The monoisotopic (exact) mass is 283 g/mol. The van der Waals surface area contributed by atoms with Gasteiger partial charge in [0.25, 0.3) is 5.91 Å². The van der Waals surface area contributed by atoms with Gasteiger partial charge in [-0.15, -0.1) is 6.58 Å². The summed E-state index contributed by atoms with van der Waals surface area (Å²) in [7, 11) is 0. The lowest BCUT2D eigenvalue weighted by atomic mass is 10.3. The van der Waals surface area contributed by atoms with Gasteiger partial charge in [-0.2, -0.15) is 0 Å². The van der Waals surface area contributed by atoms with Gasteiger partial charge in [0.15, 0.2) is 6.61 Å². The van der Waals surface area contributed by atoms with Crippen molar-refractivity contribution in [3.63, 3.8) is 0 Å². The summed E-state index contributed by atoms with van der Waals surface area (Å²) in [5.74, 6) is 0.892. The average molecular weight is 283 g/mol. The molecule has 0 saturated carbocycles. The summed E-state index contributed by atoms with van der Waals surface area (Å²) in [6, 6.07) is 12.7. The lowest BCUT2D eigenvalue weighted by Crippen LogP contribution is -2.20. The van der Waals surface area contributed by atoms with Crippen LogP contribution in [0.4, 0.5) is 11.5 Å². The van der Waals surface area contributed by atoms with Gasteiger partial charge in [-0.3, -0.25) is 4.79 Å². The molecular formula is C16H17N3O2. The van der Waals surface area contributed by atoms with Crippen LogP contribution < -0.4 is 15.4 Å². The Hall–Kier alpha value is -2.82. The number of pyridine rings is 1. The van der Waals surface area contributed by atoms with Crippen LogP contribution in [0.3, 0.4) is 0 Å². The number of carbonyl (C=O) groups is 1. The molecule has 1 heterocycles. The highest BCUT2D eigenvalue weighted by atomic mass is 16.5. The average Bonchev–Trinajstić information content (AvgIpc) is 2.53. The lowest BCUT2D eigenvalue weighted by molar-refractivity contribution is -0.118. The number of nitrogens with one attached hydrogen (secondary N) is 2. The van der Waals surface area contributed by atoms with Crippen LogP contribution in [-0.4, -0.2) is 24.0 Å². The topological polar surface area (TPSA) is 63.2 Å². The molecular weight excluding hydrogens is 266 g/mol. The minimum atomic E-state index is -0.252. The molecule has 0 fully saturated rings. The number of para-hydroxylation sites is 1. The van der Waals surface area contributed by atoms with E-state index >= 15 is 0 Å². The molecule has 0 saturated heterocycles. The van der Waals surface area contributed by atoms with Crippen molar-refractivity contribution in [3.8, 4) is 5.75 Å². The zero-order chi connectivity index (χ0) is 14.9. The Kier molecular flexibility index (Phi) is 5.34. The van der Waals surface area contributed by atoms with Gasteiger partial charge in [-0.25, -0.2) is 4.98 Å². The van der Waals surface area contributed by atoms with Crippen molar-refractivity contribution in [1.29, 1.82) is 0 Å². The number of amides is 1. The van der Waals surface area contributed by atoms with Crippen LogP contribution >= 0.6 is 0 Å². The molecule has 21 heavy (non-hydrogen) atoms. The number of carbonyl (C=O) groups excluding carboxylic acids is 1. The Morgan fingerprint density at radius 3 is 2.71 bits per heavy atom. The normalized spacial score (nSPS) is 9.71. The number of aromatic nitrogens is 1. The first-order valence-electron chi connectivity index (χ1n) is 6.56. The third kappa shape index (κ3) is 4.99. The van der Waals surface area contributed by atoms with Crippen molar-refractivity contribution in [2.24, 2.45) is 0 Å². The van der Waals surface area contributed by atoms with Crippen LogP contribution in [0, 0.1) is 0 Å². The number of nitrogens with zero attached hydrogens (tertiary/aromatic N) is 1. The Labute approximate surface area is 123 Å². The van der Waals surface area contributed by atoms with Gasteiger partial charge < -0.3 is 15.4 Å². The van der Waals surface area contributed by atoms with E-state index in [0.29, 0.717) is 18.1 Å². The zero-order valence-corrected chi connectivity index (χ0v) is 11.6. The smallest absolute Gasteiger partial charge is 0.263 e. The Bertz CT molecular complexity index is 582. The fraction of sp³-hybridized carbons (Fsp3) is 0.125. The van der Waals surface area contributed by atoms with Gasteiger partial charge in [0.05, 0.1) is 11.9 Å². The lowest BCUT2D eigenvalue weighted by Gasteiger charge is -2.08. The minimum Gasteiger partial charge on any atom is -0.484 e. The maximum Gasteiger partial charge on any atom is 0.263 e. The first-order chi connectivity index (χ1) is 10.3. The summed E-state index contributed by atoms with van der Waals surface area (Å²) in [6.07, 6.45) is 3.41. The standard InChI is InChI=1S/C16H17N3O2/c1-2-10-17-13-8-9-15(18-11-13)19-16(20)12-21-14-6-4-3-5-7-14/h2-9,11,17H,1,10,12H2,(H,18,19,20). The largest absolute Gasteiger partial charge is 0.484 e. The van der Waals surface area contributed by atoms with Crippen molar-refractivity contribution in [2.75, 3.05) is 23.8 Å². The molecule has 2 N–H and O–H groups in total. The molecule has 0 unspecified atom stereocenters. The second-order valence-corrected chi connectivity index (χ2v) is 4.25. The summed E-state index contributed by atoms with van der Waals surface area (Å²) < 4.78 is 5.35. The van der Waals surface area contributed by atoms with Crippen LogP contribution in [0.2, 0.25) is 0 Å². The van der Waals surface area contributed by atoms with Crippen molar-refractivity contribution >= 4 is 17.4 Å². The molecule has 1 aromatic heterocycles. The van der Waals surface area contributed by atoms with Gasteiger partial charge in [0.1, 0.15) is 11.6 Å². The third-order valence-corrected chi connectivity index (χ3v) is 2.59. The molecule has 1 amide bonds. The molecule has 5 heteroatoms. The number of anilines is 2. The highest BCUT2D eigenvalue weighted by molar-refractivity contribution is 5.91. The quantitative estimate of drug-likeness (QED) is 0.767. The molecule has 0 aliphatic heterocycles. The van der Waals surface area contributed by atoms with E-state index in [-0.39, 0.29) is 12.5 Å². The molecule has 5 nitrogen and oxygen atoms in total. The molecule has 2 rings (SSSR count). The maximum absolute atomic E-state index is 11.7. The molecule has 1 aromatic carbocycles. The summed E-state index contributed by atoms with van der Waals surface area (Å²) in [4.78, 5) is 15.9. The first-order valence-corrected chi connectivity index (χ1v) is 6.56. The predicted molar refractivity (Wildman–Crippen MR) is 83.5 cm³/mol. The first kappa shape index (κ1) is 14.6. The molecule has 0 aliphatic rings. The fourth-order valence-electron chi connectivity index (χ4n) is 1.61. The molecule has 0 bridgehead atoms. The molecule has 0 aliphatic carbocycles. The van der Waals surface area contributed by atoms with Crippen LogP contribution in [0.1, 0.15) is 0 Å². The number of hydrogen-bond donors (Lipinski definition) is 2. The van der Waals surface area contributed by atoms with E-state index in [0.717, 1.165) is 5.69 Å². The highest BCUT2D eigenvalue weighted by Gasteiger charge is 2.04. The highest BCUT2D eigenvalue weighted by Crippen LogP contribution is 2.10. The van der Waals surface area contributed by atoms with Gasteiger partial charge in [-0.1, -0.05) is 24.3 Å². The summed E-state index contributed by atoms with van der Waals surface area (Å²) in [5.41, 5.74) is 0.869. The summed E-state index contributed by atoms with van der Waals surface area (Å²) in [6.45, 7) is 4.24. The van der Waals surface area contributed by atoms with Crippen LogP contribution in [0.5, 0.6) is 5.75 Å². The number of rotatable bonds is 7. The molecule has 2 aromatic rings. The zero-order valence-electron chi connectivity index (χ0n) is 11.6. The SMILES string of the molecule is C=CCNc1ccc(NC(=O)COc2ccccc2)nc1. The second-order valence-electron chi connectivity index (χ2n) is 4.25. The van der Waals surface area contributed by atoms with Gasteiger partial charge in [-0.05, 0) is 24.3 Å². The van der Waals surface area contributed by atoms with E-state index in [2.05, 4.69) is 22.2 Å². The summed E-state index contributed by atoms with van der Waals surface area (Å²) in [5, 5.41) is 5.78. The van der Waals surface area contributed by atoms with Crippen LogP contribution in [0.15, 0.2) is 61.3 Å². The van der Waals surface area contributed by atoms with Crippen molar-refractivity contribution < 1.29 is 9.53 Å². The molecule has 108 valence electrons. The van der Waals surface area contributed by atoms with Crippen LogP contribution in [-0.2, 0) is 4.79 Å². The number of ether oxygens (including phenoxy) is 1. The molecule has 0 atom stereocenters. The summed E-state index contributed by atoms with van der Waals surface area (Å²) >= 11 is 0. The van der Waals surface area contributed by atoms with E-state index in [1.54, 1.807) is 30.5 Å². The second kappa shape index (κ2) is 7.69. The van der Waals surface area contributed by atoms with Crippen LogP contribution in [0.25, 0.3) is 0 Å². The molecule has 0 spiro atoms. The van der Waals surface area contributed by atoms with Crippen molar-refractivity contribution in [2.45, 2.75) is 0 Å². The third-order valence-electron chi connectivity index (χ3n) is 2.59. The van der Waals surface area contributed by atoms with E-state index in [1.165, 1.54) is 0 Å². The van der Waals surface area contributed by atoms with E-state index < -0.39 is 0 Å². The Morgan fingerprint density at radius 1 is 1.24 bits per heavy atom. The Balaban J connectivity index is 1.80. The fourth-order valence-corrected chi connectivity index (χ4v) is 1.61. The molecule has 0 radical (unpaired) electrons. The Morgan fingerprint density at radius 2 is 2.05 bits per heavy atom. The van der Waals surface area contributed by atoms with Gasteiger partial charge >= 0.3 is 0 Å². The van der Waals surface area contributed by atoms with Crippen molar-refractivity contribution in [3.05, 3.63) is 61.3 Å².